The van der Waals surface area contributed by atoms with Crippen LogP contribution < -0.4 is 10.1 Å². The lowest BCUT2D eigenvalue weighted by Crippen LogP contribution is -2.51. The van der Waals surface area contributed by atoms with E-state index in [1.807, 2.05) is 23.3 Å². The van der Waals surface area contributed by atoms with Crippen molar-refractivity contribution in [3.63, 3.8) is 0 Å². The van der Waals surface area contributed by atoms with Gasteiger partial charge in [0.25, 0.3) is 0 Å². The highest BCUT2D eigenvalue weighted by molar-refractivity contribution is 7.98. The zero-order valence-electron chi connectivity index (χ0n) is 14.2. The zero-order valence-corrected chi connectivity index (χ0v) is 15.1. The van der Waals surface area contributed by atoms with Crippen LogP contribution in [0.5, 0.6) is 5.75 Å². The summed E-state index contributed by atoms with van der Waals surface area (Å²) in [5, 5.41) is 2.78. The molecule has 24 heavy (non-hydrogen) atoms. The van der Waals surface area contributed by atoms with Gasteiger partial charge in [-0.1, -0.05) is 0 Å². The summed E-state index contributed by atoms with van der Waals surface area (Å²) >= 11 is 1.68. The van der Waals surface area contributed by atoms with Gasteiger partial charge in [0.05, 0.1) is 0 Å². The summed E-state index contributed by atoms with van der Waals surface area (Å²) in [7, 11) is 0. The maximum Gasteiger partial charge on any atom is 0.245 e. The van der Waals surface area contributed by atoms with Gasteiger partial charge < -0.3 is 15.0 Å². The van der Waals surface area contributed by atoms with Crippen molar-refractivity contribution < 1.29 is 14.3 Å². The van der Waals surface area contributed by atoms with E-state index in [-0.39, 0.29) is 17.9 Å². The quantitative estimate of drug-likeness (QED) is 0.810. The van der Waals surface area contributed by atoms with E-state index in [1.54, 1.807) is 24.2 Å². The van der Waals surface area contributed by atoms with E-state index in [1.165, 1.54) is 6.92 Å². The lowest BCUT2D eigenvalue weighted by molar-refractivity contribution is -0.137. The molecule has 0 unspecified atom stereocenters. The van der Waals surface area contributed by atoms with Crippen LogP contribution >= 0.6 is 11.8 Å². The van der Waals surface area contributed by atoms with E-state index in [0.717, 1.165) is 24.3 Å². The Morgan fingerprint density at radius 2 is 2.04 bits per heavy atom. The molecule has 0 aliphatic carbocycles. The highest BCUT2D eigenvalue weighted by atomic mass is 32.2. The summed E-state index contributed by atoms with van der Waals surface area (Å²) in [6, 6.07) is 3.26. The smallest absolute Gasteiger partial charge is 0.245 e. The summed E-state index contributed by atoms with van der Waals surface area (Å²) in [6.07, 6.45) is 7.77. The fourth-order valence-corrected chi connectivity index (χ4v) is 3.23. The van der Waals surface area contributed by atoms with E-state index < -0.39 is 6.04 Å². The number of ether oxygens (including phenoxy) is 1. The van der Waals surface area contributed by atoms with E-state index >= 15 is 0 Å². The standard InChI is InChI=1S/C17H25N3O3S/c1-13(21)19-16(7-12-24-2)17(22)20-10-5-15(6-11-20)23-14-3-8-18-9-4-14/h3-4,8-9,15-16H,5-7,10-12H2,1-2H3,(H,19,21)/t16-/m0/s1. The monoisotopic (exact) mass is 351 g/mol. The van der Waals surface area contributed by atoms with E-state index in [4.69, 9.17) is 4.74 Å². The Balaban J connectivity index is 1.85. The number of pyridine rings is 1. The molecular weight excluding hydrogens is 326 g/mol. The van der Waals surface area contributed by atoms with Crippen molar-refractivity contribution in [1.82, 2.24) is 15.2 Å². The maximum absolute atomic E-state index is 12.7. The minimum atomic E-state index is -0.424. The molecule has 2 heterocycles. The predicted molar refractivity (Wildman–Crippen MR) is 95.1 cm³/mol. The third-order valence-corrected chi connectivity index (χ3v) is 4.64. The van der Waals surface area contributed by atoms with Crippen LogP contribution in [0.2, 0.25) is 0 Å². The van der Waals surface area contributed by atoms with Gasteiger partial charge in [-0.05, 0) is 30.6 Å². The number of hydrogen-bond acceptors (Lipinski definition) is 5. The molecule has 1 fully saturated rings. The first-order chi connectivity index (χ1) is 11.6. The Labute approximate surface area is 147 Å². The average molecular weight is 351 g/mol. The Bertz CT molecular complexity index is 533. The van der Waals surface area contributed by atoms with Crippen LogP contribution in [-0.2, 0) is 9.59 Å². The number of aromatic nitrogens is 1. The molecule has 1 aliphatic heterocycles. The van der Waals surface area contributed by atoms with Crippen LogP contribution in [0, 0.1) is 0 Å². The molecule has 2 rings (SSSR count). The first-order valence-corrected chi connectivity index (χ1v) is 9.61. The third-order valence-electron chi connectivity index (χ3n) is 3.99. The third kappa shape index (κ3) is 5.70. The van der Waals surface area contributed by atoms with Gasteiger partial charge >= 0.3 is 0 Å². The Kier molecular flexibility index (Phi) is 7.36. The van der Waals surface area contributed by atoms with Crippen molar-refractivity contribution in [2.24, 2.45) is 0 Å². The van der Waals surface area contributed by atoms with Gasteiger partial charge in [-0.2, -0.15) is 11.8 Å². The molecule has 1 N–H and O–H groups in total. The van der Waals surface area contributed by atoms with Gasteiger partial charge in [-0.15, -0.1) is 0 Å². The second-order valence-electron chi connectivity index (χ2n) is 5.86. The van der Waals surface area contributed by atoms with Crippen LogP contribution in [0.1, 0.15) is 26.2 Å². The maximum atomic E-state index is 12.7. The van der Waals surface area contributed by atoms with E-state index in [0.29, 0.717) is 19.5 Å². The van der Waals surface area contributed by atoms with Crippen LogP contribution in [0.4, 0.5) is 0 Å². The van der Waals surface area contributed by atoms with Crippen LogP contribution in [-0.4, -0.2) is 58.9 Å². The highest BCUT2D eigenvalue weighted by Crippen LogP contribution is 2.19. The summed E-state index contributed by atoms with van der Waals surface area (Å²) in [4.78, 5) is 29.8. The summed E-state index contributed by atoms with van der Waals surface area (Å²) in [6.45, 7) is 2.77. The van der Waals surface area contributed by atoms with Crippen LogP contribution in [0.15, 0.2) is 24.5 Å². The molecule has 1 aromatic heterocycles. The topological polar surface area (TPSA) is 71.5 Å². The first-order valence-electron chi connectivity index (χ1n) is 8.21. The van der Waals surface area contributed by atoms with Crippen molar-refractivity contribution in [1.29, 1.82) is 0 Å². The first kappa shape index (κ1) is 18.6. The second-order valence-corrected chi connectivity index (χ2v) is 6.85. The van der Waals surface area contributed by atoms with Crippen LogP contribution in [0.25, 0.3) is 0 Å². The Morgan fingerprint density at radius 3 is 2.62 bits per heavy atom. The number of nitrogens with zero attached hydrogens (tertiary/aromatic N) is 2. The SMILES string of the molecule is CSCC[C@H](NC(C)=O)C(=O)N1CCC(Oc2ccncc2)CC1. The predicted octanol–water partition coefficient (Wildman–Crippen LogP) is 1.71. The van der Waals surface area contributed by atoms with Gasteiger partial charge in [0.2, 0.25) is 11.8 Å². The largest absolute Gasteiger partial charge is 0.490 e. The van der Waals surface area contributed by atoms with Crippen molar-refractivity contribution in [2.45, 2.75) is 38.3 Å². The number of likely N-dealkylation sites (tertiary alicyclic amines) is 1. The molecule has 1 aliphatic rings. The number of carbonyl (C=O) groups excluding carboxylic acids is 2. The Morgan fingerprint density at radius 1 is 1.38 bits per heavy atom. The minimum Gasteiger partial charge on any atom is -0.490 e. The minimum absolute atomic E-state index is 0.0154. The average Bonchev–Trinajstić information content (AvgIpc) is 2.59. The molecule has 2 amide bonds. The van der Waals surface area contributed by atoms with Gasteiger partial charge in [0, 0.05) is 45.2 Å². The molecule has 1 atom stereocenters. The molecule has 132 valence electrons. The van der Waals surface area contributed by atoms with Crippen molar-refractivity contribution in [3.8, 4) is 5.75 Å². The van der Waals surface area contributed by atoms with E-state index in [9.17, 15) is 9.59 Å². The number of hydrogen-bond donors (Lipinski definition) is 1. The van der Waals surface area contributed by atoms with Crippen molar-refractivity contribution in [3.05, 3.63) is 24.5 Å². The van der Waals surface area contributed by atoms with Crippen LogP contribution in [0.3, 0.4) is 0 Å². The number of rotatable bonds is 7. The van der Waals surface area contributed by atoms with Gasteiger partial charge in [-0.3, -0.25) is 14.6 Å². The normalized spacial score (nSPS) is 16.5. The molecule has 7 heteroatoms. The zero-order chi connectivity index (χ0) is 17.4. The number of amides is 2. The molecule has 0 radical (unpaired) electrons. The lowest BCUT2D eigenvalue weighted by atomic mass is 10.1. The fourth-order valence-electron chi connectivity index (χ4n) is 2.76. The molecule has 0 aromatic carbocycles. The van der Waals surface area contributed by atoms with Gasteiger partial charge in [-0.25, -0.2) is 0 Å². The summed E-state index contributed by atoms with van der Waals surface area (Å²) in [5.74, 6) is 1.51. The van der Waals surface area contributed by atoms with Gasteiger partial charge in [0.1, 0.15) is 17.9 Å². The fraction of sp³-hybridized carbons (Fsp3) is 0.588. The number of nitrogens with one attached hydrogen (secondary N) is 1. The number of thioether (sulfide) groups is 1. The number of piperidine rings is 1. The summed E-state index contributed by atoms with van der Waals surface area (Å²) in [5.41, 5.74) is 0. The number of carbonyl (C=O) groups is 2. The van der Waals surface area contributed by atoms with Crippen molar-refractivity contribution >= 4 is 23.6 Å². The second kappa shape index (κ2) is 9.52. The highest BCUT2D eigenvalue weighted by Gasteiger charge is 2.29. The molecule has 6 nitrogen and oxygen atoms in total. The Hall–Kier alpha value is -1.76. The molecule has 1 saturated heterocycles. The molecule has 0 spiro atoms. The molecule has 1 aromatic rings. The molecule has 0 saturated carbocycles. The molecule has 0 bridgehead atoms. The molecular formula is C17H25N3O3S. The van der Waals surface area contributed by atoms with E-state index in [2.05, 4.69) is 10.3 Å². The van der Waals surface area contributed by atoms with Gasteiger partial charge in [0.15, 0.2) is 0 Å². The summed E-state index contributed by atoms with van der Waals surface area (Å²) < 4.78 is 5.92. The lowest BCUT2D eigenvalue weighted by Gasteiger charge is -2.34. The van der Waals surface area contributed by atoms with Crippen molar-refractivity contribution in [2.75, 3.05) is 25.1 Å².